The molecule has 0 saturated carbocycles. The second kappa shape index (κ2) is 6.43. The molecule has 128 valence electrons. The minimum Gasteiger partial charge on any atom is -0.469 e. The van der Waals surface area contributed by atoms with Crippen molar-refractivity contribution in [2.24, 2.45) is 5.92 Å². The van der Waals surface area contributed by atoms with E-state index in [1.54, 1.807) is 0 Å². The standard InChI is InChI=1S/C16H28O6/c1-10(8-13(18)19-5)14-11(17)6-7-16(4,22-14)12-9-20-15(2,3)21-12/h10-12,14,17H,6-9H2,1-5H3/t10-,11+,12-,14-,16+/m1/s1. The molecule has 2 rings (SSSR count). The van der Waals surface area contributed by atoms with Gasteiger partial charge in [0.25, 0.3) is 0 Å². The molecule has 22 heavy (non-hydrogen) atoms. The van der Waals surface area contributed by atoms with Gasteiger partial charge in [0, 0.05) is 0 Å². The zero-order valence-corrected chi connectivity index (χ0v) is 14.1. The Hall–Kier alpha value is -0.690. The number of aliphatic hydroxyl groups excluding tert-OH is 1. The van der Waals surface area contributed by atoms with Gasteiger partial charge in [0.05, 0.1) is 37.9 Å². The van der Waals surface area contributed by atoms with E-state index >= 15 is 0 Å². The van der Waals surface area contributed by atoms with Crippen molar-refractivity contribution in [1.29, 1.82) is 0 Å². The third-order valence-corrected chi connectivity index (χ3v) is 4.69. The molecule has 2 fully saturated rings. The average Bonchev–Trinajstić information content (AvgIpc) is 2.82. The van der Waals surface area contributed by atoms with Crippen LogP contribution in [-0.2, 0) is 23.7 Å². The first-order chi connectivity index (χ1) is 10.2. The lowest BCUT2D eigenvalue weighted by Gasteiger charge is -2.45. The second-order valence-electron chi connectivity index (χ2n) is 7.08. The molecule has 2 heterocycles. The van der Waals surface area contributed by atoms with Gasteiger partial charge in [-0.3, -0.25) is 4.79 Å². The van der Waals surface area contributed by atoms with E-state index in [0.717, 1.165) is 0 Å². The maximum Gasteiger partial charge on any atom is 0.305 e. The summed E-state index contributed by atoms with van der Waals surface area (Å²) in [5, 5.41) is 10.3. The number of esters is 1. The zero-order valence-electron chi connectivity index (χ0n) is 14.1. The summed E-state index contributed by atoms with van der Waals surface area (Å²) in [6.45, 7) is 8.12. The van der Waals surface area contributed by atoms with Gasteiger partial charge >= 0.3 is 5.97 Å². The molecule has 6 heteroatoms. The molecule has 0 spiro atoms. The Morgan fingerprint density at radius 1 is 1.36 bits per heavy atom. The molecule has 0 aromatic heterocycles. The van der Waals surface area contributed by atoms with Gasteiger partial charge in [0.15, 0.2) is 5.79 Å². The van der Waals surface area contributed by atoms with Gasteiger partial charge in [-0.1, -0.05) is 6.92 Å². The van der Waals surface area contributed by atoms with Crippen LogP contribution in [0.2, 0.25) is 0 Å². The quantitative estimate of drug-likeness (QED) is 0.795. The lowest BCUT2D eigenvalue weighted by Crippen LogP contribution is -2.55. The van der Waals surface area contributed by atoms with Crippen LogP contribution in [0.3, 0.4) is 0 Å². The molecule has 1 N–H and O–H groups in total. The van der Waals surface area contributed by atoms with Crippen LogP contribution in [0.15, 0.2) is 0 Å². The molecule has 2 aliphatic heterocycles. The van der Waals surface area contributed by atoms with Gasteiger partial charge < -0.3 is 24.1 Å². The Kier molecular flexibility index (Phi) is 5.16. The summed E-state index contributed by atoms with van der Waals surface area (Å²) >= 11 is 0. The lowest BCUT2D eigenvalue weighted by molar-refractivity contribution is -0.236. The van der Waals surface area contributed by atoms with Crippen LogP contribution in [0.25, 0.3) is 0 Å². The van der Waals surface area contributed by atoms with Crippen molar-refractivity contribution in [3.8, 4) is 0 Å². The van der Waals surface area contributed by atoms with E-state index in [1.165, 1.54) is 7.11 Å². The van der Waals surface area contributed by atoms with Crippen molar-refractivity contribution < 1.29 is 28.8 Å². The highest BCUT2D eigenvalue weighted by molar-refractivity contribution is 5.69. The zero-order chi connectivity index (χ0) is 16.5. The molecule has 0 bridgehead atoms. The molecule has 5 atom stereocenters. The van der Waals surface area contributed by atoms with Crippen LogP contribution < -0.4 is 0 Å². The van der Waals surface area contributed by atoms with Crippen LogP contribution >= 0.6 is 0 Å². The Morgan fingerprint density at radius 3 is 2.59 bits per heavy atom. The Bertz CT molecular complexity index is 409. The Balaban J connectivity index is 2.05. The summed E-state index contributed by atoms with van der Waals surface area (Å²) in [5.74, 6) is -1.03. The van der Waals surface area contributed by atoms with Gasteiger partial charge in [-0.2, -0.15) is 0 Å². The molecule has 2 aliphatic rings. The van der Waals surface area contributed by atoms with Gasteiger partial charge in [0.1, 0.15) is 6.10 Å². The molecule has 6 nitrogen and oxygen atoms in total. The van der Waals surface area contributed by atoms with Crippen molar-refractivity contribution >= 4 is 5.97 Å². The monoisotopic (exact) mass is 316 g/mol. The maximum absolute atomic E-state index is 11.5. The second-order valence-corrected chi connectivity index (χ2v) is 7.08. The Labute approximate surface area is 132 Å². The third-order valence-electron chi connectivity index (χ3n) is 4.69. The molecule has 2 saturated heterocycles. The van der Waals surface area contributed by atoms with Crippen LogP contribution in [-0.4, -0.2) is 54.5 Å². The molecule has 0 aromatic carbocycles. The summed E-state index contributed by atoms with van der Waals surface area (Å²) in [6.07, 6.45) is 0.366. The molecular weight excluding hydrogens is 288 g/mol. The van der Waals surface area contributed by atoms with Gasteiger partial charge in [0.2, 0.25) is 0 Å². The molecule has 0 aliphatic carbocycles. The number of carbonyl (C=O) groups is 1. The number of methoxy groups -OCH3 is 1. The predicted octanol–water partition coefficient (Wildman–Crippen LogP) is 1.64. The van der Waals surface area contributed by atoms with Crippen LogP contribution in [0.5, 0.6) is 0 Å². The van der Waals surface area contributed by atoms with E-state index in [2.05, 4.69) is 0 Å². The first kappa shape index (κ1) is 17.7. The van der Waals surface area contributed by atoms with Crippen molar-refractivity contribution in [3.05, 3.63) is 0 Å². The highest BCUT2D eigenvalue weighted by Crippen LogP contribution is 2.40. The van der Waals surface area contributed by atoms with Crippen LogP contribution in [0.4, 0.5) is 0 Å². The molecule has 0 unspecified atom stereocenters. The topological polar surface area (TPSA) is 74.2 Å². The van der Waals surface area contributed by atoms with Gasteiger partial charge in [-0.15, -0.1) is 0 Å². The first-order valence-corrected chi connectivity index (χ1v) is 7.91. The normalized spacial score (nSPS) is 39.5. The van der Waals surface area contributed by atoms with Crippen molar-refractivity contribution in [2.45, 2.75) is 76.7 Å². The molecule has 0 radical (unpaired) electrons. The fourth-order valence-electron chi connectivity index (χ4n) is 3.23. The third kappa shape index (κ3) is 3.79. The summed E-state index contributed by atoms with van der Waals surface area (Å²) < 4.78 is 22.5. The van der Waals surface area contributed by atoms with E-state index < -0.39 is 23.6 Å². The highest BCUT2D eigenvalue weighted by Gasteiger charge is 2.50. The van der Waals surface area contributed by atoms with Crippen molar-refractivity contribution in [2.75, 3.05) is 13.7 Å². The molecule has 0 amide bonds. The fraction of sp³-hybridized carbons (Fsp3) is 0.938. The number of hydrogen-bond acceptors (Lipinski definition) is 6. The number of ether oxygens (including phenoxy) is 4. The lowest BCUT2D eigenvalue weighted by atomic mass is 9.83. The van der Waals surface area contributed by atoms with Gasteiger partial charge in [-0.05, 0) is 39.5 Å². The SMILES string of the molecule is COC(=O)C[C@@H](C)[C@H]1O[C@](C)([C@H]2COC(C)(C)O2)CC[C@@H]1O. The predicted molar refractivity (Wildman–Crippen MR) is 79.2 cm³/mol. The number of aliphatic hydroxyl groups is 1. The average molecular weight is 316 g/mol. The van der Waals surface area contributed by atoms with Gasteiger partial charge in [-0.25, -0.2) is 0 Å². The molecule has 0 aromatic rings. The summed E-state index contributed by atoms with van der Waals surface area (Å²) in [6, 6.07) is 0. The van der Waals surface area contributed by atoms with E-state index in [0.29, 0.717) is 19.4 Å². The van der Waals surface area contributed by atoms with Crippen LogP contribution in [0.1, 0.15) is 47.0 Å². The number of hydrogen-bond donors (Lipinski definition) is 1. The smallest absolute Gasteiger partial charge is 0.305 e. The van der Waals surface area contributed by atoms with Crippen molar-refractivity contribution in [1.82, 2.24) is 0 Å². The minimum absolute atomic E-state index is 0.127. The summed E-state index contributed by atoms with van der Waals surface area (Å²) in [7, 11) is 1.36. The summed E-state index contributed by atoms with van der Waals surface area (Å²) in [4.78, 5) is 11.5. The highest BCUT2D eigenvalue weighted by atomic mass is 16.8. The van der Waals surface area contributed by atoms with E-state index in [4.69, 9.17) is 18.9 Å². The number of carbonyl (C=O) groups excluding carboxylic acids is 1. The Morgan fingerprint density at radius 2 is 2.05 bits per heavy atom. The van der Waals surface area contributed by atoms with Crippen LogP contribution in [0, 0.1) is 5.92 Å². The maximum atomic E-state index is 11.5. The fourth-order valence-corrected chi connectivity index (χ4v) is 3.23. The minimum atomic E-state index is -0.611. The van der Waals surface area contributed by atoms with E-state index in [-0.39, 0.29) is 24.4 Å². The largest absolute Gasteiger partial charge is 0.469 e. The molecular formula is C16H28O6. The number of rotatable bonds is 4. The summed E-state index contributed by atoms with van der Waals surface area (Å²) in [5.41, 5.74) is -0.526. The van der Waals surface area contributed by atoms with E-state index in [1.807, 2.05) is 27.7 Å². The first-order valence-electron chi connectivity index (χ1n) is 7.91. The van der Waals surface area contributed by atoms with Crippen molar-refractivity contribution in [3.63, 3.8) is 0 Å². The van der Waals surface area contributed by atoms with E-state index in [9.17, 15) is 9.90 Å².